The van der Waals surface area contributed by atoms with Gasteiger partial charge in [-0.15, -0.1) is 0 Å². The number of nitrogens with zero attached hydrogens (tertiary/aromatic N) is 1. The van der Waals surface area contributed by atoms with Crippen molar-refractivity contribution >= 4 is 17.6 Å². The minimum absolute atomic E-state index is 0.477. The van der Waals surface area contributed by atoms with Crippen LogP contribution in [0.25, 0.3) is 0 Å². The highest BCUT2D eigenvalue weighted by molar-refractivity contribution is 6.31. The molecular weight excluding hydrogens is 264 g/mol. The lowest BCUT2D eigenvalue weighted by atomic mass is 10.1. The summed E-state index contributed by atoms with van der Waals surface area (Å²) in [6.07, 6.45) is 0. The molecule has 4 nitrogen and oxygen atoms in total. The highest BCUT2D eigenvalue weighted by atomic mass is 35.5. The van der Waals surface area contributed by atoms with Crippen LogP contribution in [0.4, 0.5) is 0 Å². The van der Waals surface area contributed by atoms with E-state index in [9.17, 15) is 9.90 Å². The first-order chi connectivity index (χ1) is 9.10. The summed E-state index contributed by atoms with van der Waals surface area (Å²) >= 11 is 6.05. The van der Waals surface area contributed by atoms with Gasteiger partial charge in [-0.25, -0.2) is 0 Å². The molecule has 106 valence electrons. The topological polar surface area (TPSA) is 52.6 Å². The summed E-state index contributed by atoms with van der Waals surface area (Å²) < 4.78 is 0. The number of halogens is 1. The molecule has 0 spiro atoms. The first kappa shape index (κ1) is 16.0. The van der Waals surface area contributed by atoms with Crippen molar-refractivity contribution in [3.05, 3.63) is 34.9 Å². The van der Waals surface area contributed by atoms with Crippen LogP contribution in [-0.4, -0.2) is 42.2 Å². The Bertz CT molecular complexity index is 408. The van der Waals surface area contributed by atoms with E-state index in [-0.39, 0.29) is 0 Å². The normalized spacial score (nSPS) is 12.6. The number of nitrogens with one attached hydrogen (secondary N) is 1. The minimum atomic E-state index is -0.910. The summed E-state index contributed by atoms with van der Waals surface area (Å²) in [5.74, 6) is -0.910. The van der Waals surface area contributed by atoms with Gasteiger partial charge in [0.1, 0.15) is 6.04 Å². The molecule has 0 fully saturated rings. The van der Waals surface area contributed by atoms with E-state index in [1.165, 1.54) is 0 Å². The second-order valence-corrected chi connectivity index (χ2v) is 4.68. The van der Waals surface area contributed by atoms with Crippen molar-refractivity contribution in [1.82, 2.24) is 10.2 Å². The lowest BCUT2D eigenvalue weighted by Crippen LogP contribution is -2.36. The molecule has 1 atom stereocenters. The van der Waals surface area contributed by atoms with Crippen LogP contribution in [0, 0.1) is 0 Å². The van der Waals surface area contributed by atoms with Crippen molar-refractivity contribution in [2.24, 2.45) is 0 Å². The molecule has 19 heavy (non-hydrogen) atoms. The van der Waals surface area contributed by atoms with Gasteiger partial charge in [-0.05, 0) is 24.7 Å². The molecule has 0 saturated heterocycles. The molecule has 0 heterocycles. The Morgan fingerprint density at radius 2 is 2.00 bits per heavy atom. The molecule has 0 aliphatic heterocycles. The SMILES string of the molecule is CCN(CC)CCNC(C(=O)O)c1ccccc1Cl. The van der Waals surface area contributed by atoms with Crippen LogP contribution in [0.1, 0.15) is 25.5 Å². The molecule has 1 aromatic carbocycles. The van der Waals surface area contributed by atoms with E-state index in [0.29, 0.717) is 17.1 Å². The van der Waals surface area contributed by atoms with Crippen LogP contribution in [0.3, 0.4) is 0 Å². The number of carbonyl (C=O) groups is 1. The molecule has 1 aromatic rings. The number of hydrogen-bond acceptors (Lipinski definition) is 3. The summed E-state index contributed by atoms with van der Waals surface area (Å²) in [6.45, 7) is 7.54. The zero-order chi connectivity index (χ0) is 14.3. The molecule has 1 rings (SSSR count). The van der Waals surface area contributed by atoms with E-state index >= 15 is 0 Å². The Labute approximate surface area is 119 Å². The third-order valence-electron chi connectivity index (χ3n) is 3.13. The summed E-state index contributed by atoms with van der Waals surface area (Å²) in [5.41, 5.74) is 0.608. The van der Waals surface area contributed by atoms with Gasteiger partial charge in [-0.3, -0.25) is 10.1 Å². The van der Waals surface area contributed by atoms with Crippen LogP contribution < -0.4 is 5.32 Å². The molecule has 2 N–H and O–H groups in total. The molecule has 1 unspecified atom stereocenters. The number of aliphatic carboxylic acids is 1. The van der Waals surface area contributed by atoms with Crippen LogP contribution >= 0.6 is 11.6 Å². The maximum Gasteiger partial charge on any atom is 0.325 e. The fourth-order valence-corrected chi connectivity index (χ4v) is 2.19. The number of benzene rings is 1. The number of carboxylic acid groups (broad SMARTS) is 1. The molecule has 0 aliphatic carbocycles. The first-order valence-corrected chi connectivity index (χ1v) is 6.90. The third-order valence-corrected chi connectivity index (χ3v) is 3.48. The van der Waals surface area contributed by atoms with E-state index < -0.39 is 12.0 Å². The summed E-state index contributed by atoms with van der Waals surface area (Å²) in [4.78, 5) is 13.6. The monoisotopic (exact) mass is 284 g/mol. The van der Waals surface area contributed by atoms with Crippen LogP contribution in [0.5, 0.6) is 0 Å². The first-order valence-electron chi connectivity index (χ1n) is 6.53. The van der Waals surface area contributed by atoms with E-state index in [1.807, 2.05) is 0 Å². The quantitative estimate of drug-likeness (QED) is 0.770. The van der Waals surface area contributed by atoms with E-state index in [0.717, 1.165) is 19.6 Å². The van der Waals surface area contributed by atoms with Gasteiger partial charge in [-0.1, -0.05) is 43.6 Å². The van der Waals surface area contributed by atoms with Crippen molar-refractivity contribution < 1.29 is 9.90 Å². The predicted molar refractivity (Wildman–Crippen MR) is 77.6 cm³/mol. The highest BCUT2D eigenvalue weighted by Crippen LogP contribution is 2.22. The Hall–Kier alpha value is -1.10. The molecular formula is C14H21ClN2O2. The van der Waals surface area contributed by atoms with Gasteiger partial charge in [0.25, 0.3) is 0 Å². The highest BCUT2D eigenvalue weighted by Gasteiger charge is 2.21. The van der Waals surface area contributed by atoms with Crippen molar-refractivity contribution in [3.8, 4) is 0 Å². The lowest BCUT2D eigenvalue weighted by Gasteiger charge is -2.21. The molecule has 5 heteroatoms. The number of rotatable bonds is 8. The molecule has 0 radical (unpaired) electrons. The van der Waals surface area contributed by atoms with Gasteiger partial charge in [0.2, 0.25) is 0 Å². The summed E-state index contributed by atoms with van der Waals surface area (Å²) in [7, 11) is 0. The van der Waals surface area contributed by atoms with Gasteiger partial charge in [-0.2, -0.15) is 0 Å². The average molecular weight is 285 g/mol. The van der Waals surface area contributed by atoms with Crippen LogP contribution in [-0.2, 0) is 4.79 Å². The van der Waals surface area contributed by atoms with Crippen LogP contribution in [0.2, 0.25) is 5.02 Å². The molecule has 0 aromatic heterocycles. The smallest absolute Gasteiger partial charge is 0.325 e. The lowest BCUT2D eigenvalue weighted by molar-refractivity contribution is -0.139. The number of hydrogen-bond donors (Lipinski definition) is 2. The van der Waals surface area contributed by atoms with Crippen molar-refractivity contribution in [2.75, 3.05) is 26.2 Å². The van der Waals surface area contributed by atoms with Gasteiger partial charge in [0, 0.05) is 18.1 Å². The van der Waals surface area contributed by atoms with E-state index in [2.05, 4.69) is 24.1 Å². The van der Waals surface area contributed by atoms with Gasteiger partial charge < -0.3 is 10.0 Å². The zero-order valence-corrected chi connectivity index (χ0v) is 12.2. The largest absolute Gasteiger partial charge is 0.480 e. The van der Waals surface area contributed by atoms with E-state index in [4.69, 9.17) is 11.6 Å². The van der Waals surface area contributed by atoms with Crippen molar-refractivity contribution in [3.63, 3.8) is 0 Å². The molecule has 0 bridgehead atoms. The fraction of sp³-hybridized carbons (Fsp3) is 0.500. The van der Waals surface area contributed by atoms with Crippen LogP contribution in [0.15, 0.2) is 24.3 Å². The second-order valence-electron chi connectivity index (χ2n) is 4.27. The molecule has 0 saturated carbocycles. The summed E-state index contributed by atoms with van der Waals surface area (Å²) in [5, 5.41) is 12.8. The maximum atomic E-state index is 11.3. The molecule has 0 amide bonds. The van der Waals surface area contributed by atoms with Crippen molar-refractivity contribution in [2.45, 2.75) is 19.9 Å². The Kier molecular flexibility index (Phi) is 6.84. The van der Waals surface area contributed by atoms with Crippen molar-refractivity contribution in [1.29, 1.82) is 0 Å². The Morgan fingerprint density at radius 3 is 2.53 bits per heavy atom. The average Bonchev–Trinajstić information content (AvgIpc) is 2.40. The summed E-state index contributed by atoms with van der Waals surface area (Å²) in [6, 6.07) is 6.28. The number of carboxylic acids is 1. The standard InChI is InChI=1S/C14H21ClN2O2/c1-3-17(4-2)10-9-16-13(14(18)19)11-7-5-6-8-12(11)15/h5-8,13,16H,3-4,9-10H2,1-2H3,(H,18,19). The van der Waals surface area contributed by atoms with Gasteiger partial charge >= 0.3 is 5.97 Å². The van der Waals surface area contributed by atoms with Gasteiger partial charge in [0.05, 0.1) is 0 Å². The maximum absolute atomic E-state index is 11.3. The third kappa shape index (κ3) is 4.82. The number of likely N-dealkylation sites (N-methyl/N-ethyl adjacent to an activating group) is 1. The zero-order valence-electron chi connectivity index (χ0n) is 11.4. The fourth-order valence-electron chi connectivity index (χ4n) is 1.95. The molecule has 0 aliphatic rings. The Morgan fingerprint density at radius 1 is 1.37 bits per heavy atom. The van der Waals surface area contributed by atoms with Gasteiger partial charge in [0.15, 0.2) is 0 Å². The second kappa shape index (κ2) is 8.15. The van der Waals surface area contributed by atoms with E-state index in [1.54, 1.807) is 24.3 Å². The Balaban J connectivity index is 2.65. The minimum Gasteiger partial charge on any atom is -0.480 e. The predicted octanol–water partition coefficient (Wildman–Crippen LogP) is 2.40.